The zero-order valence-electron chi connectivity index (χ0n) is 14.2. The third-order valence-corrected chi connectivity index (χ3v) is 6.08. The molecule has 1 aromatic rings. The summed E-state index contributed by atoms with van der Waals surface area (Å²) in [6.45, 7) is 0.725. The smallest absolute Gasteiger partial charge is 0.335 e. The zero-order valence-corrected chi connectivity index (χ0v) is 15.0. The molecule has 7 nitrogen and oxygen atoms in total. The number of benzene rings is 1. The van der Waals surface area contributed by atoms with E-state index in [1.807, 2.05) is 0 Å². The predicted octanol–water partition coefficient (Wildman–Crippen LogP) is 0.980. The Balaban J connectivity index is 1.97. The number of aromatic carboxylic acids is 1. The van der Waals surface area contributed by atoms with Crippen molar-refractivity contribution in [2.24, 2.45) is 0 Å². The SMILES string of the molecule is COCCN(C(=O)CCc1ccc(C(=O)O)cc1)C1CCS(=O)(=O)C1. The van der Waals surface area contributed by atoms with Crippen LogP contribution in [0.1, 0.15) is 28.8 Å². The molecule has 1 unspecified atom stereocenters. The fourth-order valence-electron chi connectivity index (χ4n) is 2.93. The second-order valence-corrected chi connectivity index (χ2v) is 8.37. The van der Waals surface area contributed by atoms with Crippen LogP contribution in [0.5, 0.6) is 0 Å². The van der Waals surface area contributed by atoms with Crippen molar-refractivity contribution < 1.29 is 27.9 Å². The largest absolute Gasteiger partial charge is 0.478 e. The number of carbonyl (C=O) groups excluding carboxylic acids is 1. The van der Waals surface area contributed by atoms with Crippen molar-refractivity contribution in [3.8, 4) is 0 Å². The van der Waals surface area contributed by atoms with Gasteiger partial charge < -0.3 is 14.7 Å². The number of aryl methyl sites for hydroxylation is 1. The average molecular weight is 369 g/mol. The van der Waals surface area contributed by atoms with E-state index in [0.29, 0.717) is 26.0 Å². The molecule has 8 heteroatoms. The number of ether oxygens (including phenoxy) is 1. The standard InChI is InChI=1S/C17H23NO6S/c1-24-10-9-18(15-8-11-25(22,23)12-15)16(19)7-4-13-2-5-14(6-3-13)17(20)21/h2-3,5-6,15H,4,7-12H2,1H3,(H,20,21). The molecule has 1 atom stereocenters. The van der Waals surface area contributed by atoms with E-state index >= 15 is 0 Å². The minimum atomic E-state index is -3.07. The summed E-state index contributed by atoms with van der Waals surface area (Å²) in [7, 11) is -1.53. The van der Waals surface area contributed by atoms with Gasteiger partial charge in [-0.15, -0.1) is 0 Å². The number of methoxy groups -OCH3 is 1. The highest BCUT2D eigenvalue weighted by Gasteiger charge is 2.34. The lowest BCUT2D eigenvalue weighted by molar-refractivity contribution is -0.133. The van der Waals surface area contributed by atoms with Crippen LogP contribution < -0.4 is 0 Å². The summed E-state index contributed by atoms with van der Waals surface area (Å²) in [6.07, 6.45) is 1.18. The molecule has 0 aromatic heterocycles. The van der Waals surface area contributed by atoms with Crippen molar-refractivity contribution in [3.63, 3.8) is 0 Å². The van der Waals surface area contributed by atoms with Crippen molar-refractivity contribution >= 4 is 21.7 Å². The van der Waals surface area contributed by atoms with Gasteiger partial charge in [0, 0.05) is 26.1 Å². The first-order valence-corrected chi connectivity index (χ1v) is 9.95. The van der Waals surface area contributed by atoms with Crippen LogP contribution in [0.15, 0.2) is 24.3 Å². The Hall–Kier alpha value is -1.93. The van der Waals surface area contributed by atoms with Crippen LogP contribution in [0.3, 0.4) is 0 Å². The summed E-state index contributed by atoms with van der Waals surface area (Å²) in [5.41, 5.74) is 1.07. The summed E-state index contributed by atoms with van der Waals surface area (Å²) in [5, 5.41) is 8.89. The van der Waals surface area contributed by atoms with E-state index in [4.69, 9.17) is 9.84 Å². The van der Waals surface area contributed by atoms with Crippen LogP contribution in [-0.2, 0) is 25.8 Å². The van der Waals surface area contributed by atoms with Crippen LogP contribution >= 0.6 is 0 Å². The van der Waals surface area contributed by atoms with Gasteiger partial charge in [0.05, 0.1) is 23.7 Å². The lowest BCUT2D eigenvalue weighted by Gasteiger charge is -2.28. The Morgan fingerprint density at radius 3 is 2.48 bits per heavy atom. The van der Waals surface area contributed by atoms with Crippen LogP contribution in [0, 0.1) is 0 Å². The van der Waals surface area contributed by atoms with Gasteiger partial charge in [-0.2, -0.15) is 0 Å². The first-order valence-electron chi connectivity index (χ1n) is 8.13. The average Bonchev–Trinajstić information content (AvgIpc) is 2.93. The molecule has 1 aliphatic rings. The van der Waals surface area contributed by atoms with E-state index < -0.39 is 15.8 Å². The van der Waals surface area contributed by atoms with Gasteiger partial charge in [0.1, 0.15) is 0 Å². The third kappa shape index (κ3) is 5.54. The summed E-state index contributed by atoms with van der Waals surface area (Å²) < 4.78 is 28.4. The molecule has 1 heterocycles. The van der Waals surface area contributed by atoms with Crippen LogP contribution in [0.2, 0.25) is 0 Å². The number of hydrogen-bond acceptors (Lipinski definition) is 5. The summed E-state index contributed by atoms with van der Waals surface area (Å²) >= 11 is 0. The Morgan fingerprint density at radius 1 is 1.28 bits per heavy atom. The van der Waals surface area contributed by atoms with Gasteiger partial charge in [0.2, 0.25) is 5.91 Å². The molecule has 1 aromatic carbocycles. The summed E-state index contributed by atoms with van der Waals surface area (Å²) in [6, 6.07) is 6.11. The lowest BCUT2D eigenvalue weighted by Crippen LogP contribution is -2.43. The van der Waals surface area contributed by atoms with Gasteiger partial charge in [-0.3, -0.25) is 4.79 Å². The molecule has 1 amide bonds. The van der Waals surface area contributed by atoms with Gasteiger partial charge in [-0.1, -0.05) is 12.1 Å². The first-order chi connectivity index (χ1) is 11.8. The van der Waals surface area contributed by atoms with Gasteiger partial charge in [0.25, 0.3) is 0 Å². The quantitative estimate of drug-likeness (QED) is 0.733. The molecule has 25 heavy (non-hydrogen) atoms. The monoisotopic (exact) mass is 369 g/mol. The van der Waals surface area contributed by atoms with Crippen molar-refractivity contribution in [1.29, 1.82) is 0 Å². The molecular weight excluding hydrogens is 346 g/mol. The fourth-order valence-corrected chi connectivity index (χ4v) is 4.66. The Kier molecular flexibility index (Phi) is 6.55. The molecule has 0 radical (unpaired) electrons. The number of hydrogen-bond donors (Lipinski definition) is 1. The third-order valence-electron chi connectivity index (χ3n) is 4.33. The van der Waals surface area contributed by atoms with Crippen molar-refractivity contribution in [2.45, 2.75) is 25.3 Å². The number of sulfone groups is 1. The topological polar surface area (TPSA) is 101 Å². The molecule has 0 saturated carbocycles. The van der Waals surface area contributed by atoms with E-state index in [1.165, 1.54) is 19.2 Å². The van der Waals surface area contributed by atoms with Gasteiger partial charge in [-0.05, 0) is 30.5 Å². The number of nitrogens with zero attached hydrogens (tertiary/aromatic N) is 1. The molecule has 0 aliphatic carbocycles. The summed E-state index contributed by atoms with van der Waals surface area (Å²) in [5.74, 6) is -0.974. The second-order valence-electron chi connectivity index (χ2n) is 6.14. The van der Waals surface area contributed by atoms with E-state index in [-0.39, 0.29) is 35.4 Å². The molecule has 1 aliphatic heterocycles. The van der Waals surface area contributed by atoms with Crippen molar-refractivity contribution in [2.75, 3.05) is 31.8 Å². The Morgan fingerprint density at radius 2 is 1.96 bits per heavy atom. The molecule has 0 spiro atoms. The van der Waals surface area contributed by atoms with Crippen molar-refractivity contribution in [3.05, 3.63) is 35.4 Å². The lowest BCUT2D eigenvalue weighted by atomic mass is 10.1. The number of amides is 1. The highest BCUT2D eigenvalue weighted by Crippen LogP contribution is 2.19. The number of carboxylic acid groups (broad SMARTS) is 1. The van der Waals surface area contributed by atoms with E-state index in [0.717, 1.165) is 5.56 Å². The van der Waals surface area contributed by atoms with Crippen LogP contribution in [0.25, 0.3) is 0 Å². The van der Waals surface area contributed by atoms with Gasteiger partial charge >= 0.3 is 5.97 Å². The van der Waals surface area contributed by atoms with Gasteiger partial charge in [0.15, 0.2) is 9.84 Å². The molecule has 1 N–H and O–H groups in total. The molecular formula is C17H23NO6S. The minimum Gasteiger partial charge on any atom is -0.478 e. The first kappa shape index (κ1) is 19.4. The number of carbonyl (C=O) groups is 2. The molecule has 138 valence electrons. The maximum absolute atomic E-state index is 12.6. The van der Waals surface area contributed by atoms with Crippen LogP contribution in [-0.4, -0.2) is 68.1 Å². The normalized spacial score (nSPS) is 18.8. The van der Waals surface area contributed by atoms with E-state index in [2.05, 4.69) is 0 Å². The highest BCUT2D eigenvalue weighted by molar-refractivity contribution is 7.91. The van der Waals surface area contributed by atoms with Crippen molar-refractivity contribution in [1.82, 2.24) is 4.90 Å². The molecule has 1 fully saturated rings. The second kappa shape index (κ2) is 8.44. The number of rotatable bonds is 8. The maximum atomic E-state index is 12.6. The molecule has 2 rings (SSSR count). The molecule has 0 bridgehead atoms. The maximum Gasteiger partial charge on any atom is 0.335 e. The van der Waals surface area contributed by atoms with E-state index in [1.54, 1.807) is 17.0 Å². The van der Waals surface area contributed by atoms with E-state index in [9.17, 15) is 18.0 Å². The number of carboxylic acids is 1. The Bertz CT molecular complexity index is 713. The predicted molar refractivity (Wildman–Crippen MR) is 92.4 cm³/mol. The minimum absolute atomic E-state index is 0.00969. The molecule has 1 saturated heterocycles. The Labute approximate surface area is 147 Å². The highest BCUT2D eigenvalue weighted by atomic mass is 32.2. The zero-order chi connectivity index (χ0) is 18.4. The fraction of sp³-hybridized carbons (Fsp3) is 0.529. The van der Waals surface area contributed by atoms with Crippen LogP contribution in [0.4, 0.5) is 0 Å². The summed E-state index contributed by atoms with van der Waals surface area (Å²) in [4.78, 5) is 25.0. The van der Waals surface area contributed by atoms with Gasteiger partial charge in [-0.25, -0.2) is 13.2 Å².